The second-order valence-corrected chi connectivity index (χ2v) is 17.7. The molecule has 0 saturated carbocycles. The monoisotopic (exact) mass is 898 g/mol. The molecule has 1 fully saturated rings. The predicted molar refractivity (Wildman–Crippen MR) is 242 cm³/mol. The molecule has 0 radical (unpaired) electrons. The highest BCUT2D eigenvalue weighted by Gasteiger charge is 2.50. The molecule has 0 bridgehead atoms. The van der Waals surface area contributed by atoms with E-state index in [1.165, 1.54) is 22.7 Å². The van der Waals surface area contributed by atoms with Gasteiger partial charge in [0.2, 0.25) is 11.9 Å². The summed E-state index contributed by atoms with van der Waals surface area (Å²) in [4.78, 5) is 66.2. The minimum absolute atomic E-state index is 0.0124. The third-order valence-corrected chi connectivity index (χ3v) is 12.0. The summed E-state index contributed by atoms with van der Waals surface area (Å²) in [5, 5.41) is 4.73. The van der Waals surface area contributed by atoms with E-state index in [2.05, 4.69) is 20.3 Å². The number of anilines is 3. The standard InChI is InChI=1S/C48H47N6O10P/c1-31(2)44(56)51-47-50-43-40(45(52-47)64-48(57)54(37-19-9-5-10-20-37)38-21-11-6-12-22-38)49-30-53(43)46-42(62-32(3)55)41(60-28-34-23-24-35-17-13-14-18-36(35)27-34)39(63-46)25-26-65(58,59)61-29-33-15-7-4-8-16-33/h4-24,27,30-31,39,41-42,46H,25-26,28-29H2,1-3H3,(H,58,59)(H,50,51,52,56)/t39-,41-,42-,46-/m1/s1. The van der Waals surface area contributed by atoms with Gasteiger partial charge in [-0.15, -0.1) is 0 Å². The SMILES string of the molecule is CC(=O)O[C@@H]1[C@H](OCc2ccc3ccccc3c2)[C@@H](CCP(=O)(O)OCc2ccccc2)O[C@H]1n1cnc2c(OC(=O)N(c3ccccc3)c3ccccc3)nc(NC(=O)C(C)C)nc21. The van der Waals surface area contributed by atoms with E-state index < -0.39 is 56.0 Å². The van der Waals surface area contributed by atoms with Gasteiger partial charge in [-0.3, -0.25) is 24.0 Å². The van der Waals surface area contributed by atoms with Gasteiger partial charge in [-0.1, -0.05) is 117 Å². The molecule has 1 aliphatic rings. The Hall–Kier alpha value is -6.81. The van der Waals surface area contributed by atoms with Gasteiger partial charge in [0, 0.05) is 12.8 Å². The lowest BCUT2D eigenvalue weighted by Crippen LogP contribution is -2.38. The van der Waals surface area contributed by atoms with Crippen molar-refractivity contribution < 1.29 is 47.3 Å². The molecule has 1 saturated heterocycles. The van der Waals surface area contributed by atoms with Crippen LogP contribution in [0.1, 0.15) is 44.5 Å². The van der Waals surface area contributed by atoms with Crippen LogP contribution >= 0.6 is 7.60 Å². The molecule has 16 nitrogen and oxygen atoms in total. The fraction of sp³-hybridized carbons (Fsp3) is 0.250. The van der Waals surface area contributed by atoms with Crippen molar-refractivity contribution in [3.05, 3.63) is 151 Å². The number of hydrogen-bond donors (Lipinski definition) is 2. The molecule has 1 unspecified atom stereocenters. The first-order valence-corrected chi connectivity index (χ1v) is 22.8. The maximum Gasteiger partial charge on any atom is 0.425 e. The number of nitrogens with one attached hydrogen (secondary N) is 1. The normalized spacial score (nSPS) is 18.0. The number of amides is 2. The minimum atomic E-state index is -4.18. The van der Waals surface area contributed by atoms with Gasteiger partial charge in [0.05, 0.1) is 43.2 Å². The smallest absolute Gasteiger partial charge is 0.425 e. The van der Waals surface area contributed by atoms with Crippen LogP contribution in [-0.2, 0) is 46.1 Å². The Bertz CT molecular complexity index is 2790. The van der Waals surface area contributed by atoms with E-state index in [1.54, 1.807) is 74.5 Å². The van der Waals surface area contributed by atoms with E-state index in [0.717, 1.165) is 21.9 Å². The molecule has 17 heteroatoms. The van der Waals surface area contributed by atoms with Gasteiger partial charge in [-0.2, -0.15) is 9.97 Å². The zero-order chi connectivity index (χ0) is 45.5. The number of para-hydroxylation sites is 2. The van der Waals surface area contributed by atoms with Crippen molar-refractivity contribution in [2.24, 2.45) is 5.92 Å². The topological polar surface area (TPSA) is 194 Å². The van der Waals surface area contributed by atoms with E-state index in [4.69, 9.17) is 23.5 Å². The van der Waals surface area contributed by atoms with E-state index in [1.807, 2.05) is 72.8 Å². The number of benzene rings is 5. The van der Waals surface area contributed by atoms with Gasteiger partial charge in [0.25, 0.3) is 5.88 Å². The number of rotatable bonds is 16. The predicted octanol–water partition coefficient (Wildman–Crippen LogP) is 9.12. The van der Waals surface area contributed by atoms with Crippen molar-refractivity contribution in [2.45, 2.75) is 64.9 Å². The van der Waals surface area contributed by atoms with Crippen molar-refractivity contribution in [2.75, 3.05) is 16.4 Å². The van der Waals surface area contributed by atoms with E-state index in [9.17, 15) is 23.8 Å². The Kier molecular flexibility index (Phi) is 13.7. The van der Waals surface area contributed by atoms with E-state index in [0.29, 0.717) is 11.4 Å². The highest BCUT2D eigenvalue weighted by atomic mass is 31.2. The fourth-order valence-electron chi connectivity index (χ4n) is 7.41. The lowest BCUT2D eigenvalue weighted by Gasteiger charge is -2.25. The van der Waals surface area contributed by atoms with Gasteiger partial charge in [0.15, 0.2) is 23.5 Å². The molecule has 8 rings (SSSR count). The van der Waals surface area contributed by atoms with Crippen LogP contribution in [-0.4, -0.2) is 66.9 Å². The maximum absolute atomic E-state index is 14.2. The Labute approximate surface area is 374 Å². The van der Waals surface area contributed by atoms with Gasteiger partial charge in [-0.05, 0) is 58.7 Å². The van der Waals surface area contributed by atoms with Crippen LogP contribution in [0.15, 0.2) is 140 Å². The summed E-state index contributed by atoms with van der Waals surface area (Å²) in [5.74, 6) is -2.02. The molecular formula is C48H47N6O10P. The van der Waals surface area contributed by atoms with Crippen molar-refractivity contribution in [1.82, 2.24) is 19.5 Å². The van der Waals surface area contributed by atoms with Crippen LogP contribution in [0.5, 0.6) is 5.88 Å². The molecule has 3 heterocycles. The summed E-state index contributed by atoms with van der Waals surface area (Å²) in [6, 6.07) is 40.6. The highest BCUT2D eigenvalue weighted by molar-refractivity contribution is 7.52. The molecule has 5 aromatic carbocycles. The largest absolute Gasteiger partial charge is 0.455 e. The van der Waals surface area contributed by atoms with Crippen LogP contribution < -0.4 is 15.0 Å². The number of ether oxygens (including phenoxy) is 4. The summed E-state index contributed by atoms with van der Waals surface area (Å²) in [5.41, 5.74) is 2.62. The van der Waals surface area contributed by atoms with Crippen LogP contribution in [0.2, 0.25) is 0 Å². The highest BCUT2D eigenvalue weighted by Crippen LogP contribution is 2.46. The van der Waals surface area contributed by atoms with Gasteiger partial charge >= 0.3 is 19.7 Å². The number of fused-ring (bicyclic) bond motifs is 2. The first-order chi connectivity index (χ1) is 31.4. The van der Waals surface area contributed by atoms with Crippen molar-refractivity contribution in [3.63, 3.8) is 0 Å². The van der Waals surface area contributed by atoms with Crippen molar-refractivity contribution >= 4 is 64.8 Å². The van der Waals surface area contributed by atoms with Crippen LogP contribution in [0.3, 0.4) is 0 Å². The second-order valence-electron chi connectivity index (χ2n) is 15.7. The molecule has 65 heavy (non-hydrogen) atoms. The van der Waals surface area contributed by atoms with E-state index in [-0.39, 0.29) is 48.8 Å². The van der Waals surface area contributed by atoms with Crippen molar-refractivity contribution in [3.8, 4) is 5.88 Å². The zero-order valence-electron chi connectivity index (χ0n) is 35.8. The molecule has 2 aromatic heterocycles. The van der Waals surface area contributed by atoms with Gasteiger partial charge in [-0.25, -0.2) is 14.7 Å². The summed E-state index contributed by atoms with van der Waals surface area (Å²) in [6.45, 7) is 4.63. The number of carbonyl (C=O) groups excluding carboxylic acids is 3. The molecule has 0 spiro atoms. The molecule has 7 aromatic rings. The average Bonchev–Trinajstić information content (AvgIpc) is 3.88. The Morgan fingerprint density at radius 2 is 1.46 bits per heavy atom. The first-order valence-electron chi connectivity index (χ1n) is 21.0. The fourth-order valence-corrected chi connectivity index (χ4v) is 8.47. The summed E-state index contributed by atoms with van der Waals surface area (Å²) in [6.07, 6.45) is -4.14. The lowest BCUT2D eigenvalue weighted by molar-refractivity contribution is -0.158. The van der Waals surface area contributed by atoms with Crippen LogP contribution in [0, 0.1) is 5.92 Å². The Balaban J connectivity index is 1.16. The number of carbonyl (C=O) groups is 3. The number of imidazole rings is 1. The second kappa shape index (κ2) is 19.9. The van der Waals surface area contributed by atoms with Gasteiger partial charge in [0.1, 0.15) is 6.10 Å². The zero-order valence-corrected chi connectivity index (χ0v) is 36.7. The third kappa shape index (κ3) is 10.8. The summed E-state index contributed by atoms with van der Waals surface area (Å²) in [7, 11) is -4.18. The number of esters is 1. The number of nitrogens with zero attached hydrogens (tertiary/aromatic N) is 5. The molecule has 1 aliphatic heterocycles. The van der Waals surface area contributed by atoms with Crippen molar-refractivity contribution in [1.29, 1.82) is 0 Å². The third-order valence-electron chi connectivity index (χ3n) is 10.6. The van der Waals surface area contributed by atoms with Crippen LogP contribution in [0.4, 0.5) is 22.1 Å². The first kappa shape index (κ1) is 44.8. The Morgan fingerprint density at radius 1 is 0.815 bits per heavy atom. The quantitative estimate of drug-likeness (QED) is 0.0690. The molecule has 5 atom stereocenters. The summed E-state index contributed by atoms with van der Waals surface area (Å²) < 4.78 is 45.7. The molecule has 2 amide bonds. The molecule has 334 valence electrons. The van der Waals surface area contributed by atoms with E-state index >= 15 is 0 Å². The van der Waals surface area contributed by atoms with Crippen LogP contribution in [0.25, 0.3) is 21.9 Å². The Morgan fingerprint density at radius 3 is 2.12 bits per heavy atom. The molecular weight excluding hydrogens is 852 g/mol. The number of hydrogen-bond acceptors (Lipinski definition) is 12. The maximum atomic E-state index is 14.2. The summed E-state index contributed by atoms with van der Waals surface area (Å²) >= 11 is 0. The lowest BCUT2D eigenvalue weighted by atomic mass is 10.1. The molecule has 0 aliphatic carbocycles. The molecule has 2 N–H and O–H groups in total. The minimum Gasteiger partial charge on any atom is -0.455 e. The number of aromatic nitrogens is 4. The average molecular weight is 899 g/mol. The van der Waals surface area contributed by atoms with Gasteiger partial charge < -0.3 is 28.4 Å².